The van der Waals surface area contributed by atoms with Crippen LogP contribution in [0.1, 0.15) is 16.2 Å². The van der Waals surface area contributed by atoms with Crippen LogP contribution in [0, 0.1) is 6.92 Å². The predicted molar refractivity (Wildman–Crippen MR) is 58.5 cm³/mol. The Balaban J connectivity index is 3.00. The molecular formula is C9H15N5O2. The second-order valence-corrected chi connectivity index (χ2v) is 3.60. The van der Waals surface area contributed by atoms with Gasteiger partial charge in [-0.3, -0.25) is 14.3 Å². The van der Waals surface area contributed by atoms with Gasteiger partial charge in [0.15, 0.2) is 0 Å². The van der Waals surface area contributed by atoms with Crippen molar-refractivity contribution in [1.82, 2.24) is 14.7 Å². The molecule has 0 spiro atoms. The molecule has 0 aliphatic carbocycles. The van der Waals surface area contributed by atoms with E-state index in [0.29, 0.717) is 11.4 Å². The molecule has 1 aromatic heterocycles. The fourth-order valence-electron chi connectivity index (χ4n) is 1.41. The summed E-state index contributed by atoms with van der Waals surface area (Å²) in [6.07, 6.45) is 0. The number of primary amides is 1. The quantitative estimate of drug-likeness (QED) is 0.678. The van der Waals surface area contributed by atoms with Crippen LogP contribution in [0.3, 0.4) is 0 Å². The van der Waals surface area contributed by atoms with Crippen LogP contribution in [0.5, 0.6) is 0 Å². The van der Waals surface area contributed by atoms with Gasteiger partial charge in [-0.1, -0.05) is 0 Å². The lowest BCUT2D eigenvalue weighted by Gasteiger charge is -2.15. The number of carbonyl (C=O) groups is 2. The molecule has 0 unspecified atom stereocenters. The zero-order chi connectivity index (χ0) is 12.5. The fourth-order valence-corrected chi connectivity index (χ4v) is 1.41. The number of amides is 2. The first-order valence-electron chi connectivity index (χ1n) is 4.67. The molecule has 0 aliphatic heterocycles. The zero-order valence-electron chi connectivity index (χ0n) is 9.52. The lowest BCUT2D eigenvalue weighted by atomic mass is 10.2. The summed E-state index contributed by atoms with van der Waals surface area (Å²) in [5.41, 5.74) is 11.9. The molecule has 0 saturated heterocycles. The highest BCUT2D eigenvalue weighted by molar-refractivity contribution is 5.99. The molecule has 0 saturated carbocycles. The van der Waals surface area contributed by atoms with E-state index in [1.807, 2.05) is 0 Å². The molecule has 1 aromatic rings. The Morgan fingerprint density at radius 2 is 2.06 bits per heavy atom. The molecule has 1 rings (SSSR count). The van der Waals surface area contributed by atoms with Gasteiger partial charge in [-0.15, -0.1) is 0 Å². The minimum atomic E-state index is -0.576. The summed E-state index contributed by atoms with van der Waals surface area (Å²) >= 11 is 0. The lowest BCUT2D eigenvalue weighted by Crippen LogP contribution is -2.36. The highest BCUT2D eigenvalue weighted by Crippen LogP contribution is 2.16. The topological polar surface area (TPSA) is 107 Å². The Morgan fingerprint density at radius 1 is 1.50 bits per heavy atom. The number of likely N-dealkylation sites (N-methyl/N-ethyl adjacent to an activating group) is 1. The van der Waals surface area contributed by atoms with E-state index in [1.165, 1.54) is 16.6 Å². The number of carbonyl (C=O) groups excluding carboxylic acids is 2. The predicted octanol–water partition coefficient (Wildman–Crippen LogP) is -1.13. The van der Waals surface area contributed by atoms with Crippen molar-refractivity contribution >= 4 is 17.5 Å². The number of hydrogen-bond donors (Lipinski definition) is 2. The number of aryl methyl sites for hydroxylation is 2. The van der Waals surface area contributed by atoms with Crippen molar-refractivity contribution in [1.29, 1.82) is 0 Å². The van der Waals surface area contributed by atoms with Gasteiger partial charge >= 0.3 is 0 Å². The van der Waals surface area contributed by atoms with Gasteiger partial charge in [-0.05, 0) is 6.92 Å². The maximum Gasteiger partial charge on any atom is 0.274 e. The SMILES string of the molecule is Cc1nn(C)c(C(=O)N(C)CC(N)=O)c1N. The maximum atomic E-state index is 11.9. The van der Waals surface area contributed by atoms with Crippen LogP contribution in [-0.4, -0.2) is 40.1 Å². The van der Waals surface area contributed by atoms with Crippen LogP contribution in [-0.2, 0) is 11.8 Å². The first-order valence-corrected chi connectivity index (χ1v) is 4.67. The molecule has 0 radical (unpaired) electrons. The van der Waals surface area contributed by atoms with E-state index in [9.17, 15) is 9.59 Å². The van der Waals surface area contributed by atoms with E-state index < -0.39 is 5.91 Å². The minimum Gasteiger partial charge on any atom is -0.395 e. The molecule has 7 heteroatoms. The molecule has 4 N–H and O–H groups in total. The number of nitrogens with zero attached hydrogens (tertiary/aromatic N) is 3. The van der Waals surface area contributed by atoms with Crippen LogP contribution in [0.25, 0.3) is 0 Å². The minimum absolute atomic E-state index is 0.150. The van der Waals surface area contributed by atoms with E-state index in [1.54, 1.807) is 14.0 Å². The number of aromatic nitrogens is 2. The highest BCUT2D eigenvalue weighted by Gasteiger charge is 2.21. The number of rotatable bonds is 3. The second kappa shape index (κ2) is 4.21. The van der Waals surface area contributed by atoms with Gasteiger partial charge in [0.1, 0.15) is 5.69 Å². The standard InChI is InChI=1S/C9H15N5O2/c1-5-7(11)8(14(3)12-5)9(16)13(2)4-6(10)15/h4,11H2,1-3H3,(H2,10,15). The lowest BCUT2D eigenvalue weighted by molar-refractivity contribution is -0.118. The van der Waals surface area contributed by atoms with Gasteiger partial charge < -0.3 is 16.4 Å². The number of anilines is 1. The van der Waals surface area contributed by atoms with Gasteiger partial charge in [0, 0.05) is 14.1 Å². The summed E-state index contributed by atoms with van der Waals surface area (Å²) < 4.78 is 1.39. The Hall–Kier alpha value is -2.05. The Bertz CT molecular complexity index is 437. The summed E-state index contributed by atoms with van der Waals surface area (Å²) in [4.78, 5) is 23.8. The average Bonchev–Trinajstić information content (AvgIpc) is 2.39. The van der Waals surface area contributed by atoms with Gasteiger partial charge in [0.2, 0.25) is 5.91 Å². The molecule has 16 heavy (non-hydrogen) atoms. The number of hydrogen-bond acceptors (Lipinski definition) is 4. The van der Waals surface area contributed by atoms with Crippen LogP contribution in [0.2, 0.25) is 0 Å². The average molecular weight is 225 g/mol. The monoisotopic (exact) mass is 225 g/mol. The van der Waals surface area contributed by atoms with Crippen molar-refractivity contribution in [3.8, 4) is 0 Å². The molecule has 0 aromatic carbocycles. The van der Waals surface area contributed by atoms with Crippen molar-refractivity contribution in [2.75, 3.05) is 19.3 Å². The third-order valence-electron chi connectivity index (χ3n) is 2.21. The number of nitrogens with two attached hydrogens (primary N) is 2. The first-order chi connectivity index (χ1) is 7.34. The first kappa shape index (κ1) is 12.0. The Labute approximate surface area is 93.0 Å². The summed E-state index contributed by atoms with van der Waals surface area (Å²) in [5, 5.41) is 4.02. The molecule has 0 fully saturated rings. The van der Waals surface area contributed by atoms with Crippen LogP contribution in [0.4, 0.5) is 5.69 Å². The highest BCUT2D eigenvalue weighted by atomic mass is 16.2. The van der Waals surface area contributed by atoms with E-state index in [2.05, 4.69) is 5.10 Å². The van der Waals surface area contributed by atoms with Gasteiger partial charge in [0.05, 0.1) is 17.9 Å². The van der Waals surface area contributed by atoms with E-state index in [0.717, 1.165) is 0 Å². The normalized spacial score (nSPS) is 10.2. The van der Waals surface area contributed by atoms with Crippen molar-refractivity contribution < 1.29 is 9.59 Å². The molecule has 0 atom stereocenters. The van der Waals surface area contributed by atoms with E-state index in [4.69, 9.17) is 11.5 Å². The van der Waals surface area contributed by atoms with E-state index in [-0.39, 0.29) is 18.1 Å². The molecule has 0 bridgehead atoms. The Morgan fingerprint density at radius 3 is 2.44 bits per heavy atom. The van der Waals surface area contributed by atoms with Gasteiger partial charge in [-0.25, -0.2) is 0 Å². The largest absolute Gasteiger partial charge is 0.395 e. The van der Waals surface area contributed by atoms with Crippen molar-refractivity contribution in [3.05, 3.63) is 11.4 Å². The smallest absolute Gasteiger partial charge is 0.274 e. The molecule has 2 amide bonds. The van der Waals surface area contributed by atoms with Crippen molar-refractivity contribution in [2.24, 2.45) is 12.8 Å². The fraction of sp³-hybridized carbons (Fsp3) is 0.444. The summed E-state index contributed by atoms with van der Waals surface area (Å²) in [7, 11) is 3.10. The van der Waals surface area contributed by atoms with Crippen molar-refractivity contribution in [2.45, 2.75) is 6.92 Å². The van der Waals surface area contributed by atoms with Crippen molar-refractivity contribution in [3.63, 3.8) is 0 Å². The van der Waals surface area contributed by atoms with Crippen LogP contribution < -0.4 is 11.5 Å². The summed E-state index contributed by atoms with van der Waals surface area (Å²) in [6, 6.07) is 0. The Kier molecular flexibility index (Phi) is 3.17. The molecule has 7 nitrogen and oxygen atoms in total. The van der Waals surface area contributed by atoms with Gasteiger partial charge in [-0.2, -0.15) is 5.10 Å². The molecule has 1 heterocycles. The molecular weight excluding hydrogens is 210 g/mol. The molecule has 0 aliphatic rings. The maximum absolute atomic E-state index is 11.9. The van der Waals surface area contributed by atoms with Crippen LogP contribution >= 0.6 is 0 Å². The molecule has 88 valence electrons. The third kappa shape index (κ3) is 2.13. The summed E-state index contributed by atoms with van der Waals surface area (Å²) in [6.45, 7) is 1.56. The second-order valence-electron chi connectivity index (χ2n) is 3.60. The zero-order valence-corrected chi connectivity index (χ0v) is 9.52. The summed E-state index contributed by atoms with van der Waals surface area (Å²) in [5.74, 6) is -0.951. The van der Waals surface area contributed by atoms with Gasteiger partial charge in [0.25, 0.3) is 5.91 Å². The van der Waals surface area contributed by atoms with Crippen LogP contribution in [0.15, 0.2) is 0 Å². The van der Waals surface area contributed by atoms with E-state index >= 15 is 0 Å². The third-order valence-corrected chi connectivity index (χ3v) is 2.21. The number of nitrogen functional groups attached to an aromatic ring is 1.